The van der Waals surface area contributed by atoms with Gasteiger partial charge in [-0.15, -0.1) is 0 Å². The SMILES string of the molecule is S=c1nc2c(n[nH]1)Sc1ccccc1N2. The van der Waals surface area contributed by atoms with Gasteiger partial charge in [0.1, 0.15) is 0 Å². The molecule has 0 spiro atoms. The van der Waals surface area contributed by atoms with Crippen LogP contribution in [-0.2, 0) is 0 Å². The van der Waals surface area contributed by atoms with Gasteiger partial charge in [-0.3, -0.25) is 5.10 Å². The summed E-state index contributed by atoms with van der Waals surface area (Å²) < 4.78 is 0.390. The number of benzene rings is 1. The van der Waals surface area contributed by atoms with Gasteiger partial charge in [-0.2, -0.15) is 10.1 Å². The first-order valence-electron chi connectivity index (χ1n) is 4.33. The molecule has 1 aliphatic heterocycles. The zero-order valence-electron chi connectivity index (χ0n) is 7.52. The number of hydrogen-bond acceptors (Lipinski definition) is 5. The van der Waals surface area contributed by atoms with Gasteiger partial charge in [-0.1, -0.05) is 23.9 Å². The van der Waals surface area contributed by atoms with Gasteiger partial charge >= 0.3 is 0 Å². The Morgan fingerprint density at radius 1 is 1.27 bits per heavy atom. The van der Waals surface area contributed by atoms with Crippen molar-refractivity contribution >= 4 is 35.5 Å². The van der Waals surface area contributed by atoms with Gasteiger partial charge in [0, 0.05) is 4.90 Å². The van der Waals surface area contributed by atoms with Crippen LogP contribution in [0.1, 0.15) is 0 Å². The molecule has 0 unspecified atom stereocenters. The number of nitrogens with one attached hydrogen (secondary N) is 2. The average Bonchev–Trinajstić information content (AvgIpc) is 2.26. The number of aromatic amines is 1. The summed E-state index contributed by atoms with van der Waals surface area (Å²) in [6, 6.07) is 8.03. The summed E-state index contributed by atoms with van der Waals surface area (Å²) in [6.07, 6.45) is 0. The fraction of sp³-hybridized carbons (Fsp3) is 0. The Morgan fingerprint density at radius 3 is 3.07 bits per heavy atom. The summed E-state index contributed by atoms with van der Waals surface area (Å²) in [4.78, 5) is 5.32. The average molecular weight is 234 g/mol. The molecule has 1 aliphatic rings. The Balaban J connectivity index is 2.15. The van der Waals surface area contributed by atoms with E-state index < -0.39 is 0 Å². The number of anilines is 2. The van der Waals surface area contributed by atoms with Gasteiger partial charge in [-0.25, -0.2) is 0 Å². The van der Waals surface area contributed by atoms with Gasteiger partial charge in [0.05, 0.1) is 5.69 Å². The van der Waals surface area contributed by atoms with Gasteiger partial charge in [0.25, 0.3) is 0 Å². The Bertz CT molecular complexity index is 578. The number of nitrogens with zero attached hydrogens (tertiary/aromatic N) is 2. The highest BCUT2D eigenvalue weighted by atomic mass is 32.2. The van der Waals surface area contributed by atoms with Crippen molar-refractivity contribution in [2.24, 2.45) is 0 Å². The van der Waals surface area contributed by atoms with Crippen molar-refractivity contribution in [3.8, 4) is 0 Å². The molecule has 2 aromatic rings. The monoisotopic (exact) mass is 234 g/mol. The molecule has 15 heavy (non-hydrogen) atoms. The number of rotatable bonds is 0. The topological polar surface area (TPSA) is 53.6 Å². The number of H-pyrrole nitrogens is 1. The molecule has 3 rings (SSSR count). The molecule has 0 radical (unpaired) electrons. The maximum atomic E-state index is 4.92. The molecule has 6 heteroatoms. The first-order valence-corrected chi connectivity index (χ1v) is 5.56. The first kappa shape index (κ1) is 8.87. The van der Waals surface area contributed by atoms with Crippen LogP contribution in [0, 0.1) is 4.77 Å². The van der Waals surface area contributed by atoms with Crippen molar-refractivity contribution in [2.45, 2.75) is 9.92 Å². The molecular formula is C9H6N4S2. The molecule has 1 aromatic carbocycles. The lowest BCUT2D eigenvalue weighted by Crippen LogP contribution is -2.05. The third kappa shape index (κ3) is 1.51. The lowest BCUT2D eigenvalue weighted by atomic mass is 10.3. The zero-order valence-corrected chi connectivity index (χ0v) is 9.15. The quantitative estimate of drug-likeness (QED) is 0.586. The van der Waals surface area contributed by atoms with Gasteiger partial charge < -0.3 is 5.32 Å². The molecule has 0 saturated carbocycles. The van der Waals surface area contributed by atoms with Crippen LogP contribution in [0.15, 0.2) is 34.2 Å². The van der Waals surface area contributed by atoms with E-state index in [4.69, 9.17) is 12.2 Å². The summed E-state index contributed by atoms with van der Waals surface area (Å²) in [5.41, 5.74) is 1.05. The summed E-state index contributed by atoms with van der Waals surface area (Å²) in [5.74, 6) is 0.724. The van der Waals surface area contributed by atoms with Crippen molar-refractivity contribution < 1.29 is 0 Å². The van der Waals surface area contributed by atoms with Crippen LogP contribution in [0.25, 0.3) is 0 Å². The summed E-state index contributed by atoms with van der Waals surface area (Å²) >= 11 is 6.50. The second-order valence-electron chi connectivity index (χ2n) is 3.02. The van der Waals surface area contributed by atoms with E-state index in [2.05, 4.69) is 20.5 Å². The van der Waals surface area contributed by atoms with E-state index in [1.165, 1.54) is 0 Å². The van der Waals surface area contributed by atoms with Crippen LogP contribution < -0.4 is 5.32 Å². The molecule has 0 aliphatic carbocycles. The summed E-state index contributed by atoms with van der Waals surface area (Å²) in [7, 11) is 0. The molecule has 0 atom stereocenters. The van der Waals surface area contributed by atoms with E-state index in [9.17, 15) is 0 Å². The fourth-order valence-electron chi connectivity index (χ4n) is 1.37. The smallest absolute Gasteiger partial charge is 0.215 e. The zero-order chi connectivity index (χ0) is 10.3. The third-order valence-corrected chi connectivity index (χ3v) is 3.25. The number of aromatic nitrogens is 3. The molecule has 0 saturated heterocycles. The molecule has 1 aromatic heterocycles. The molecule has 0 bridgehead atoms. The molecule has 0 fully saturated rings. The van der Waals surface area contributed by atoms with Crippen LogP contribution in [0.4, 0.5) is 11.5 Å². The highest BCUT2D eigenvalue weighted by molar-refractivity contribution is 7.99. The molecule has 4 nitrogen and oxygen atoms in total. The van der Waals surface area contributed by atoms with Crippen LogP contribution in [-0.4, -0.2) is 15.2 Å². The Kier molecular flexibility index (Phi) is 1.96. The molecule has 0 amide bonds. The van der Waals surface area contributed by atoms with Crippen LogP contribution in [0.5, 0.6) is 0 Å². The summed E-state index contributed by atoms with van der Waals surface area (Å²) in [6.45, 7) is 0. The van der Waals surface area contributed by atoms with Crippen molar-refractivity contribution in [1.82, 2.24) is 15.2 Å². The second-order valence-corrected chi connectivity index (χ2v) is 4.43. The highest BCUT2D eigenvalue weighted by Crippen LogP contribution is 2.40. The minimum absolute atomic E-state index is 0.390. The lowest BCUT2D eigenvalue weighted by Gasteiger charge is -2.17. The van der Waals surface area contributed by atoms with E-state index in [1.54, 1.807) is 11.8 Å². The molecule has 2 N–H and O–H groups in total. The van der Waals surface area contributed by atoms with Crippen LogP contribution in [0.3, 0.4) is 0 Å². The van der Waals surface area contributed by atoms with Gasteiger partial charge in [0.15, 0.2) is 10.8 Å². The van der Waals surface area contributed by atoms with Crippen LogP contribution >= 0.6 is 24.0 Å². The molecule has 2 heterocycles. The van der Waals surface area contributed by atoms with E-state index in [-0.39, 0.29) is 0 Å². The number of para-hydroxylation sites is 1. The normalized spacial score (nSPS) is 12.5. The maximum Gasteiger partial charge on any atom is 0.215 e. The van der Waals surface area contributed by atoms with E-state index in [1.807, 2.05) is 24.3 Å². The van der Waals surface area contributed by atoms with Crippen molar-refractivity contribution in [1.29, 1.82) is 0 Å². The van der Waals surface area contributed by atoms with Crippen molar-refractivity contribution in [3.63, 3.8) is 0 Å². The molecular weight excluding hydrogens is 228 g/mol. The lowest BCUT2D eigenvalue weighted by molar-refractivity contribution is 0.864. The van der Waals surface area contributed by atoms with E-state index in [0.717, 1.165) is 21.4 Å². The third-order valence-electron chi connectivity index (χ3n) is 2.02. The fourth-order valence-corrected chi connectivity index (χ4v) is 2.37. The minimum Gasteiger partial charge on any atom is -0.337 e. The van der Waals surface area contributed by atoms with Crippen molar-refractivity contribution in [3.05, 3.63) is 29.0 Å². The van der Waals surface area contributed by atoms with Crippen molar-refractivity contribution in [2.75, 3.05) is 5.32 Å². The maximum absolute atomic E-state index is 4.92. The van der Waals surface area contributed by atoms with Gasteiger partial charge in [-0.05, 0) is 24.4 Å². The Morgan fingerprint density at radius 2 is 2.13 bits per heavy atom. The molecule has 74 valence electrons. The minimum atomic E-state index is 0.390. The largest absolute Gasteiger partial charge is 0.337 e. The number of hydrogen-bond donors (Lipinski definition) is 2. The van der Waals surface area contributed by atoms with Gasteiger partial charge in [0.2, 0.25) is 4.77 Å². The Hall–Kier alpha value is -1.40. The summed E-state index contributed by atoms with van der Waals surface area (Å²) in [5, 5.41) is 10.8. The second kappa shape index (κ2) is 3.32. The highest BCUT2D eigenvalue weighted by Gasteiger charge is 2.17. The van der Waals surface area contributed by atoms with E-state index in [0.29, 0.717) is 4.77 Å². The number of fused-ring (bicyclic) bond motifs is 2. The Labute approximate surface area is 95.1 Å². The predicted molar refractivity (Wildman–Crippen MR) is 61.1 cm³/mol. The van der Waals surface area contributed by atoms with E-state index >= 15 is 0 Å². The predicted octanol–water partition coefficient (Wildman–Crippen LogP) is 2.74. The first-order chi connectivity index (χ1) is 7.33. The standard InChI is InChI=1S/C9H6N4S2/c14-9-11-7-8(12-13-9)15-6-4-2-1-3-5(6)10-7/h1-4H,(H2,10,11,13,14). The van der Waals surface area contributed by atoms with Crippen LogP contribution in [0.2, 0.25) is 0 Å².